The van der Waals surface area contributed by atoms with Crippen LogP contribution in [0.5, 0.6) is 0 Å². The highest BCUT2D eigenvalue weighted by Crippen LogP contribution is 1.88. The number of hydrogen-bond acceptors (Lipinski definition) is 4. The van der Waals surface area contributed by atoms with Crippen molar-refractivity contribution in [1.82, 2.24) is 0 Å². The van der Waals surface area contributed by atoms with E-state index in [1.165, 1.54) is 6.92 Å². The largest absolute Gasteiger partial charge is 0.481 e. The van der Waals surface area contributed by atoms with Gasteiger partial charge < -0.3 is 19.4 Å². The second kappa shape index (κ2) is 7.70. The van der Waals surface area contributed by atoms with Crippen molar-refractivity contribution in [3.63, 3.8) is 0 Å². The summed E-state index contributed by atoms with van der Waals surface area (Å²) in [6, 6.07) is 0. The van der Waals surface area contributed by atoms with Crippen LogP contribution in [0.2, 0.25) is 0 Å². The number of carbonyl (C=O) groups excluding carboxylic acids is 1. The summed E-state index contributed by atoms with van der Waals surface area (Å²) in [6.45, 7) is 3.43. The van der Waals surface area contributed by atoms with Gasteiger partial charge in [-0.15, -0.1) is 0 Å². The monoisotopic (exact) mass is 190 g/mol. The SMILES string of the molecule is C1COCO1.CC(=O)CCC(=O)O. The number of carboxylic acid groups (broad SMARTS) is 1. The molecule has 0 aromatic heterocycles. The number of rotatable bonds is 3. The van der Waals surface area contributed by atoms with E-state index in [-0.39, 0.29) is 18.6 Å². The Morgan fingerprint density at radius 2 is 1.77 bits per heavy atom. The summed E-state index contributed by atoms with van der Waals surface area (Å²) in [5, 5.41) is 8.01. The number of ketones is 1. The zero-order chi connectivity index (χ0) is 10.1. The minimum absolute atomic E-state index is 0.0463. The van der Waals surface area contributed by atoms with Gasteiger partial charge in [-0.05, 0) is 6.92 Å². The summed E-state index contributed by atoms with van der Waals surface area (Å²) >= 11 is 0. The molecular formula is C8H14O5. The molecule has 1 aliphatic heterocycles. The van der Waals surface area contributed by atoms with Gasteiger partial charge in [0, 0.05) is 6.42 Å². The third-order valence-electron chi connectivity index (χ3n) is 1.23. The number of ether oxygens (including phenoxy) is 2. The molecule has 1 aliphatic rings. The minimum Gasteiger partial charge on any atom is -0.481 e. The van der Waals surface area contributed by atoms with Crippen molar-refractivity contribution in [2.24, 2.45) is 0 Å². The Kier molecular flexibility index (Phi) is 7.14. The smallest absolute Gasteiger partial charge is 0.303 e. The van der Waals surface area contributed by atoms with E-state index in [1.54, 1.807) is 0 Å². The van der Waals surface area contributed by atoms with Gasteiger partial charge in [-0.3, -0.25) is 4.79 Å². The maximum absolute atomic E-state index is 10.1. The molecule has 0 unspecified atom stereocenters. The molecular weight excluding hydrogens is 176 g/mol. The van der Waals surface area contributed by atoms with E-state index in [2.05, 4.69) is 0 Å². The Morgan fingerprint density at radius 3 is 1.92 bits per heavy atom. The van der Waals surface area contributed by atoms with Crippen LogP contribution in [0.4, 0.5) is 0 Å². The Morgan fingerprint density at radius 1 is 1.23 bits per heavy atom. The molecule has 76 valence electrons. The molecule has 1 saturated heterocycles. The van der Waals surface area contributed by atoms with Gasteiger partial charge in [-0.25, -0.2) is 0 Å². The molecule has 1 rings (SSSR count). The van der Waals surface area contributed by atoms with Crippen molar-refractivity contribution in [2.45, 2.75) is 19.8 Å². The maximum atomic E-state index is 10.1. The predicted molar refractivity (Wildman–Crippen MR) is 44.3 cm³/mol. The van der Waals surface area contributed by atoms with Crippen molar-refractivity contribution in [3.8, 4) is 0 Å². The second-order valence-electron chi connectivity index (χ2n) is 2.53. The van der Waals surface area contributed by atoms with Crippen LogP contribution in [-0.4, -0.2) is 36.9 Å². The van der Waals surface area contributed by atoms with Crippen molar-refractivity contribution in [3.05, 3.63) is 0 Å². The molecule has 0 radical (unpaired) electrons. The first-order chi connectivity index (χ1) is 6.13. The average molecular weight is 190 g/mol. The molecule has 1 N–H and O–H groups in total. The van der Waals surface area contributed by atoms with Crippen molar-refractivity contribution >= 4 is 11.8 Å². The molecule has 0 atom stereocenters. The van der Waals surface area contributed by atoms with Crippen LogP contribution in [0, 0.1) is 0 Å². The highest BCUT2D eigenvalue weighted by atomic mass is 16.7. The van der Waals surface area contributed by atoms with Gasteiger partial charge in [0.25, 0.3) is 0 Å². The topological polar surface area (TPSA) is 72.8 Å². The summed E-state index contributed by atoms with van der Waals surface area (Å²) in [5.74, 6) is -0.993. The van der Waals surface area contributed by atoms with Gasteiger partial charge >= 0.3 is 5.97 Å². The molecule has 1 fully saturated rings. The standard InChI is InChI=1S/C5H8O3.C3H6O2/c1-4(6)2-3-5(7)8;1-2-5-3-4-1/h2-3H2,1H3,(H,7,8);1-3H2. The van der Waals surface area contributed by atoms with Crippen LogP contribution in [0.1, 0.15) is 19.8 Å². The fourth-order valence-corrected chi connectivity index (χ4v) is 0.578. The number of carboxylic acids is 1. The van der Waals surface area contributed by atoms with E-state index < -0.39 is 5.97 Å². The van der Waals surface area contributed by atoms with Crippen molar-refractivity contribution in [2.75, 3.05) is 20.0 Å². The van der Waals surface area contributed by atoms with Crippen LogP contribution in [0.15, 0.2) is 0 Å². The third kappa shape index (κ3) is 11.1. The van der Waals surface area contributed by atoms with Crippen LogP contribution >= 0.6 is 0 Å². The molecule has 0 spiro atoms. The van der Waals surface area contributed by atoms with E-state index in [0.29, 0.717) is 6.79 Å². The zero-order valence-electron chi connectivity index (χ0n) is 7.62. The number of carbonyl (C=O) groups is 2. The molecule has 5 nitrogen and oxygen atoms in total. The molecule has 1 heterocycles. The summed E-state index contributed by atoms with van der Waals surface area (Å²) in [6.07, 6.45) is 0.102. The minimum atomic E-state index is -0.916. The van der Waals surface area contributed by atoms with Crippen LogP contribution < -0.4 is 0 Å². The van der Waals surface area contributed by atoms with Crippen LogP contribution in [0.25, 0.3) is 0 Å². The number of hydrogen-bond donors (Lipinski definition) is 1. The molecule has 0 saturated carbocycles. The quantitative estimate of drug-likeness (QED) is 0.698. The first kappa shape index (κ1) is 12.1. The molecule has 0 aromatic carbocycles. The van der Waals surface area contributed by atoms with E-state index in [4.69, 9.17) is 14.6 Å². The lowest BCUT2D eigenvalue weighted by Crippen LogP contribution is -1.98. The lowest BCUT2D eigenvalue weighted by atomic mass is 10.2. The van der Waals surface area contributed by atoms with Gasteiger partial charge in [-0.1, -0.05) is 0 Å². The van der Waals surface area contributed by atoms with Gasteiger partial charge in [0.1, 0.15) is 12.6 Å². The average Bonchev–Trinajstić information content (AvgIpc) is 2.57. The fourth-order valence-electron chi connectivity index (χ4n) is 0.578. The molecule has 0 aromatic rings. The van der Waals surface area contributed by atoms with Gasteiger partial charge in [0.15, 0.2) is 0 Å². The second-order valence-corrected chi connectivity index (χ2v) is 2.53. The highest BCUT2D eigenvalue weighted by Gasteiger charge is 1.97. The molecule has 5 heteroatoms. The Balaban J connectivity index is 0.000000243. The van der Waals surface area contributed by atoms with Crippen molar-refractivity contribution in [1.29, 1.82) is 0 Å². The van der Waals surface area contributed by atoms with E-state index in [0.717, 1.165) is 13.2 Å². The Labute approximate surface area is 76.6 Å². The van der Waals surface area contributed by atoms with Crippen LogP contribution in [-0.2, 0) is 19.1 Å². The number of aliphatic carboxylic acids is 1. The van der Waals surface area contributed by atoms with E-state index in [9.17, 15) is 9.59 Å². The predicted octanol–water partition coefficient (Wildman–Crippen LogP) is 0.431. The van der Waals surface area contributed by atoms with Gasteiger partial charge in [0.05, 0.1) is 19.6 Å². The van der Waals surface area contributed by atoms with Gasteiger partial charge in [-0.2, -0.15) is 0 Å². The third-order valence-corrected chi connectivity index (χ3v) is 1.23. The molecule has 0 aliphatic carbocycles. The summed E-state index contributed by atoms with van der Waals surface area (Å²) in [4.78, 5) is 19.8. The summed E-state index contributed by atoms with van der Waals surface area (Å²) in [5.41, 5.74) is 0. The molecule has 13 heavy (non-hydrogen) atoms. The molecule has 0 amide bonds. The Bertz CT molecular complexity index is 140. The molecule has 0 bridgehead atoms. The summed E-state index contributed by atoms with van der Waals surface area (Å²) in [7, 11) is 0. The normalized spacial score (nSPS) is 14.5. The van der Waals surface area contributed by atoms with E-state index in [1.807, 2.05) is 0 Å². The lowest BCUT2D eigenvalue weighted by molar-refractivity contribution is -0.138. The van der Waals surface area contributed by atoms with Crippen molar-refractivity contribution < 1.29 is 24.2 Å². The van der Waals surface area contributed by atoms with E-state index >= 15 is 0 Å². The maximum Gasteiger partial charge on any atom is 0.303 e. The lowest BCUT2D eigenvalue weighted by Gasteiger charge is -1.86. The summed E-state index contributed by atoms with van der Waals surface area (Å²) < 4.78 is 9.44. The first-order valence-electron chi connectivity index (χ1n) is 3.99. The van der Waals surface area contributed by atoms with Crippen LogP contribution in [0.3, 0.4) is 0 Å². The Hall–Kier alpha value is -0.940. The fraction of sp³-hybridized carbons (Fsp3) is 0.750. The van der Waals surface area contributed by atoms with Gasteiger partial charge in [0.2, 0.25) is 0 Å². The number of Topliss-reactive ketones (excluding diaryl/α,β-unsaturated/α-hetero) is 1. The highest BCUT2D eigenvalue weighted by molar-refractivity contribution is 5.80. The first-order valence-corrected chi connectivity index (χ1v) is 3.99. The zero-order valence-corrected chi connectivity index (χ0v) is 7.62.